The van der Waals surface area contributed by atoms with Gasteiger partial charge in [-0.1, -0.05) is 31.9 Å². The molecule has 3 atom stereocenters. The number of nitrogens with one attached hydrogen (secondary N) is 1. The summed E-state index contributed by atoms with van der Waals surface area (Å²) in [5, 5.41) is 3.02. The molecule has 0 unspecified atom stereocenters. The fourth-order valence-electron chi connectivity index (χ4n) is 3.14. The molecule has 28 heavy (non-hydrogen) atoms. The molecule has 154 valence electrons. The van der Waals surface area contributed by atoms with E-state index in [2.05, 4.69) is 12.2 Å². The number of carbonyl (C=O) groups is 3. The van der Waals surface area contributed by atoms with E-state index in [-0.39, 0.29) is 23.6 Å². The standard InChI is InChI=1S/C21H30N2O4S/c1-14-9-5-7-11-17(14)22-20(25)15(2)27-21(26)16-10-6-8-12-18(16)28-13-19(24)23(3)4/h6,8,10,12,14-15,17H,5,7,9,11,13H2,1-4H3,(H,22,25)/t14-,15-,17-/m1/s1. The number of amides is 2. The first-order chi connectivity index (χ1) is 13.3. The summed E-state index contributed by atoms with van der Waals surface area (Å²) in [7, 11) is 3.38. The van der Waals surface area contributed by atoms with Gasteiger partial charge in [0, 0.05) is 25.0 Å². The number of rotatable bonds is 7. The van der Waals surface area contributed by atoms with Crippen LogP contribution in [0.4, 0.5) is 0 Å². The van der Waals surface area contributed by atoms with Gasteiger partial charge in [0.05, 0.1) is 11.3 Å². The van der Waals surface area contributed by atoms with Gasteiger partial charge in [-0.2, -0.15) is 0 Å². The molecule has 0 saturated heterocycles. The van der Waals surface area contributed by atoms with E-state index in [0.717, 1.165) is 19.3 Å². The Morgan fingerprint density at radius 3 is 2.57 bits per heavy atom. The number of hydrogen-bond donors (Lipinski definition) is 1. The Morgan fingerprint density at radius 1 is 1.21 bits per heavy atom. The Kier molecular flexibility index (Phi) is 8.35. The van der Waals surface area contributed by atoms with Crippen LogP contribution in [0.15, 0.2) is 29.2 Å². The highest BCUT2D eigenvalue weighted by Gasteiger charge is 2.27. The van der Waals surface area contributed by atoms with Crippen LogP contribution in [0.3, 0.4) is 0 Å². The minimum atomic E-state index is -0.872. The normalized spacial score (nSPS) is 20.1. The van der Waals surface area contributed by atoms with Crippen LogP contribution < -0.4 is 5.32 Å². The molecule has 1 aliphatic rings. The van der Waals surface area contributed by atoms with E-state index < -0.39 is 12.1 Å². The van der Waals surface area contributed by atoms with Crippen LogP contribution in [-0.4, -0.2) is 54.7 Å². The number of hydrogen-bond acceptors (Lipinski definition) is 5. The Bertz CT molecular complexity index is 707. The molecule has 1 N–H and O–H groups in total. The van der Waals surface area contributed by atoms with Gasteiger partial charge in [-0.15, -0.1) is 11.8 Å². The van der Waals surface area contributed by atoms with Crippen molar-refractivity contribution in [1.82, 2.24) is 10.2 Å². The van der Waals surface area contributed by atoms with Crippen molar-refractivity contribution < 1.29 is 19.1 Å². The fraction of sp³-hybridized carbons (Fsp3) is 0.571. The highest BCUT2D eigenvalue weighted by atomic mass is 32.2. The number of carbonyl (C=O) groups excluding carboxylic acids is 3. The van der Waals surface area contributed by atoms with E-state index in [1.807, 2.05) is 0 Å². The van der Waals surface area contributed by atoms with E-state index in [9.17, 15) is 14.4 Å². The highest BCUT2D eigenvalue weighted by Crippen LogP contribution is 2.25. The zero-order chi connectivity index (χ0) is 20.7. The lowest BCUT2D eigenvalue weighted by molar-refractivity contribution is -0.130. The maximum absolute atomic E-state index is 12.6. The molecule has 1 fully saturated rings. The quantitative estimate of drug-likeness (QED) is 0.556. The van der Waals surface area contributed by atoms with E-state index in [4.69, 9.17) is 4.74 Å². The van der Waals surface area contributed by atoms with Crippen molar-refractivity contribution >= 4 is 29.5 Å². The smallest absolute Gasteiger partial charge is 0.340 e. The minimum Gasteiger partial charge on any atom is -0.449 e. The maximum Gasteiger partial charge on any atom is 0.340 e. The predicted molar refractivity (Wildman–Crippen MR) is 110 cm³/mol. The lowest BCUT2D eigenvalue weighted by atomic mass is 9.86. The lowest BCUT2D eigenvalue weighted by Crippen LogP contribution is -2.46. The van der Waals surface area contributed by atoms with Gasteiger partial charge < -0.3 is 15.0 Å². The number of esters is 1. The van der Waals surface area contributed by atoms with E-state index in [1.165, 1.54) is 23.1 Å². The van der Waals surface area contributed by atoms with Crippen LogP contribution in [0.2, 0.25) is 0 Å². The van der Waals surface area contributed by atoms with Crippen LogP contribution in [0.25, 0.3) is 0 Å². The molecule has 0 radical (unpaired) electrons. The molecular formula is C21H30N2O4S. The van der Waals surface area contributed by atoms with Crippen LogP contribution in [0.1, 0.15) is 49.9 Å². The van der Waals surface area contributed by atoms with Gasteiger partial charge in [-0.3, -0.25) is 9.59 Å². The van der Waals surface area contributed by atoms with Gasteiger partial charge in [0.2, 0.25) is 5.91 Å². The number of ether oxygens (including phenoxy) is 1. The van der Waals surface area contributed by atoms with Crippen molar-refractivity contribution in [3.63, 3.8) is 0 Å². The van der Waals surface area contributed by atoms with Crippen molar-refractivity contribution in [2.45, 2.75) is 56.6 Å². The first kappa shape index (κ1) is 22.3. The second-order valence-corrected chi connectivity index (χ2v) is 8.51. The Morgan fingerprint density at radius 2 is 1.89 bits per heavy atom. The van der Waals surface area contributed by atoms with E-state index >= 15 is 0 Å². The molecule has 6 nitrogen and oxygen atoms in total. The third-order valence-electron chi connectivity index (χ3n) is 5.05. The summed E-state index contributed by atoms with van der Waals surface area (Å²) in [6.07, 6.45) is 3.51. The monoisotopic (exact) mass is 406 g/mol. The molecule has 0 heterocycles. The average Bonchev–Trinajstić information content (AvgIpc) is 2.67. The van der Waals surface area contributed by atoms with Gasteiger partial charge >= 0.3 is 5.97 Å². The summed E-state index contributed by atoms with van der Waals surface area (Å²) in [6, 6.07) is 7.11. The van der Waals surface area contributed by atoms with Gasteiger partial charge in [-0.05, 0) is 37.8 Å². The van der Waals surface area contributed by atoms with Crippen molar-refractivity contribution in [3.8, 4) is 0 Å². The zero-order valence-electron chi connectivity index (χ0n) is 17.1. The number of nitrogens with zero attached hydrogens (tertiary/aromatic N) is 1. The summed E-state index contributed by atoms with van der Waals surface area (Å²) < 4.78 is 5.41. The average molecular weight is 407 g/mol. The molecule has 2 amide bonds. The zero-order valence-corrected chi connectivity index (χ0v) is 17.9. The van der Waals surface area contributed by atoms with Gasteiger partial charge in [0.1, 0.15) is 0 Å². The van der Waals surface area contributed by atoms with Crippen LogP contribution in [0, 0.1) is 5.92 Å². The SMILES string of the molecule is C[C@@H]1CCCC[C@H]1NC(=O)[C@@H](C)OC(=O)c1ccccc1SCC(=O)N(C)C. The predicted octanol–water partition coefficient (Wildman–Crippen LogP) is 3.11. The minimum absolute atomic E-state index is 0.0393. The van der Waals surface area contributed by atoms with Crippen molar-refractivity contribution in [3.05, 3.63) is 29.8 Å². The fourth-order valence-corrected chi connectivity index (χ4v) is 4.16. The second-order valence-electron chi connectivity index (χ2n) is 7.50. The molecule has 1 aliphatic carbocycles. The largest absolute Gasteiger partial charge is 0.449 e. The number of thioether (sulfide) groups is 1. The molecule has 0 aromatic heterocycles. The first-order valence-corrected chi connectivity index (χ1v) is 10.7. The van der Waals surface area contributed by atoms with Gasteiger partial charge in [0.15, 0.2) is 6.10 Å². The summed E-state index contributed by atoms with van der Waals surface area (Å²) in [5.74, 6) is -0.193. The van der Waals surface area contributed by atoms with Crippen molar-refractivity contribution in [2.75, 3.05) is 19.8 Å². The van der Waals surface area contributed by atoms with E-state index in [1.54, 1.807) is 45.3 Å². The summed E-state index contributed by atoms with van der Waals surface area (Å²) in [5.41, 5.74) is 0.366. The summed E-state index contributed by atoms with van der Waals surface area (Å²) in [4.78, 5) is 39.0. The van der Waals surface area contributed by atoms with Gasteiger partial charge in [0.25, 0.3) is 5.91 Å². The maximum atomic E-state index is 12.6. The molecule has 0 aliphatic heterocycles. The molecule has 0 spiro atoms. The molecular weight excluding hydrogens is 376 g/mol. The van der Waals surface area contributed by atoms with Crippen LogP contribution in [0.5, 0.6) is 0 Å². The summed E-state index contributed by atoms with van der Waals surface area (Å²) >= 11 is 1.28. The van der Waals surface area contributed by atoms with Crippen molar-refractivity contribution in [2.24, 2.45) is 5.92 Å². The number of benzene rings is 1. The molecule has 2 rings (SSSR count). The second kappa shape index (κ2) is 10.5. The first-order valence-electron chi connectivity index (χ1n) is 9.73. The Hall–Kier alpha value is -2.02. The van der Waals surface area contributed by atoms with Crippen LogP contribution in [-0.2, 0) is 14.3 Å². The topological polar surface area (TPSA) is 75.7 Å². The van der Waals surface area contributed by atoms with Crippen LogP contribution >= 0.6 is 11.8 Å². The molecule has 0 bridgehead atoms. The molecule has 7 heteroatoms. The Labute approximate surface area is 171 Å². The third-order valence-corrected chi connectivity index (χ3v) is 6.11. The highest BCUT2D eigenvalue weighted by molar-refractivity contribution is 8.00. The molecule has 1 aromatic rings. The van der Waals surface area contributed by atoms with E-state index in [0.29, 0.717) is 16.4 Å². The third kappa shape index (κ3) is 6.26. The van der Waals surface area contributed by atoms with Gasteiger partial charge in [-0.25, -0.2) is 4.79 Å². The summed E-state index contributed by atoms with van der Waals surface area (Å²) in [6.45, 7) is 3.73. The Balaban J connectivity index is 1.96. The lowest BCUT2D eigenvalue weighted by Gasteiger charge is -2.30. The molecule has 1 aromatic carbocycles. The van der Waals surface area contributed by atoms with Crippen molar-refractivity contribution in [1.29, 1.82) is 0 Å². The molecule has 1 saturated carbocycles.